The highest BCUT2D eigenvalue weighted by Gasteiger charge is 2.19. The van der Waals surface area contributed by atoms with Gasteiger partial charge in [0.1, 0.15) is 6.04 Å². The Morgan fingerprint density at radius 1 is 1.32 bits per heavy atom. The fourth-order valence-corrected chi connectivity index (χ4v) is 2.67. The topological polar surface area (TPSA) is 78.4 Å². The van der Waals surface area contributed by atoms with Gasteiger partial charge < -0.3 is 15.7 Å². The number of halogens is 2. The molecule has 0 aliphatic carbocycles. The largest absolute Gasteiger partial charge is 0.480 e. The van der Waals surface area contributed by atoms with Gasteiger partial charge in [-0.2, -0.15) is 0 Å². The van der Waals surface area contributed by atoms with Gasteiger partial charge in [-0.25, -0.2) is 9.59 Å². The number of carbonyl (C=O) groups is 2. The summed E-state index contributed by atoms with van der Waals surface area (Å²) in [7, 11) is 0. The highest BCUT2D eigenvalue weighted by atomic mass is 79.9. The van der Waals surface area contributed by atoms with Crippen LogP contribution in [0.5, 0.6) is 0 Å². The molecule has 5 nitrogen and oxygen atoms in total. The van der Waals surface area contributed by atoms with E-state index in [0.29, 0.717) is 27.5 Å². The number of aliphatic carboxylic acids is 1. The highest BCUT2D eigenvalue weighted by molar-refractivity contribution is 9.11. The minimum atomic E-state index is -1.04. The van der Waals surface area contributed by atoms with E-state index in [1.807, 2.05) is 13.0 Å². The van der Waals surface area contributed by atoms with Gasteiger partial charge in [0.05, 0.1) is 5.69 Å². The van der Waals surface area contributed by atoms with Gasteiger partial charge >= 0.3 is 12.0 Å². The lowest BCUT2D eigenvalue weighted by Gasteiger charge is -2.15. The van der Waals surface area contributed by atoms with Crippen molar-refractivity contribution in [2.45, 2.75) is 25.8 Å². The van der Waals surface area contributed by atoms with E-state index in [4.69, 9.17) is 5.11 Å². The van der Waals surface area contributed by atoms with E-state index in [1.54, 1.807) is 12.1 Å². The van der Waals surface area contributed by atoms with Gasteiger partial charge in [0.25, 0.3) is 0 Å². The third-order valence-corrected chi connectivity index (χ3v) is 3.70. The first-order chi connectivity index (χ1) is 8.95. The Morgan fingerprint density at radius 2 is 1.89 bits per heavy atom. The number of nitrogens with one attached hydrogen (secondary N) is 2. The van der Waals surface area contributed by atoms with Crippen molar-refractivity contribution in [1.29, 1.82) is 0 Å². The van der Waals surface area contributed by atoms with Crippen molar-refractivity contribution in [3.8, 4) is 0 Å². The molecular weight excluding hydrogens is 380 g/mol. The molecular formula is C12H14Br2N2O3. The van der Waals surface area contributed by atoms with E-state index in [9.17, 15) is 9.59 Å². The predicted molar refractivity (Wildman–Crippen MR) is 80.3 cm³/mol. The van der Waals surface area contributed by atoms with Crippen LogP contribution in [0.2, 0.25) is 0 Å². The lowest BCUT2D eigenvalue weighted by atomic mass is 10.2. The maximum absolute atomic E-state index is 11.8. The monoisotopic (exact) mass is 392 g/mol. The number of amides is 2. The maximum atomic E-state index is 11.8. The van der Waals surface area contributed by atoms with Gasteiger partial charge in [0, 0.05) is 8.95 Å². The summed E-state index contributed by atoms with van der Waals surface area (Å²) in [6.45, 7) is 1.86. The molecule has 7 heteroatoms. The van der Waals surface area contributed by atoms with Gasteiger partial charge in [0.15, 0.2) is 0 Å². The number of carboxylic acid groups (broad SMARTS) is 1. The molecule has 1 rings (SSSR count). The summed E-state index contributed by atoms with van der Waals surface area (Å²) in [5.74, 6) is -1.04. The summed E-state index contributed by atoms with van der Waals surface area (Å²) in [6, 6.07) is 3.94. The Hall–Kier alpha value is -1.08. The minimum Gasteiger partial charge on any atom is -0.480 e. The van der Waals surface area contributed by atoms with Crippen molar-refractivity contribution in [3.05, 3.63) is 27.1 Å². The van der Waals surface area contributed by atoms with Gasteiger partial charge in [-0.1, -0.05) is 19.4 Å². The van der Waals surface area contributed by atoms with E-state index < -0.39 is 18.0 Å². The number of carboxylic acids is 1. The zero-order chi connectivity index (χ0) is 14.4. The normalized spacial score (nSPS) is 11.7. The van der Waals surface area contributed by atoms with Crippen LogP contribution < -0.4 is 10.6 Å². The number of benzene rings is 1. The van der Waals surface area contributed by atoms with E-state index in [0.717, 1.165) is 0 Å². The van der Waals surface area contributed by atoms with Crippen molar-refractivity contribution < 1.29 is 14.7 Å². The molecule has 3 N–H and O–H groups in total. The molecule has 0 fully saturated rings. The Morgan fingerprint density at radius 3 is 2.37 bits per heavy atom. The molecule has 0 saturated carbocycles. The highest BCUT2D eigenvalue weighted by Crippen LogP contribution is 2.30. The van der Waals surface area contributed by atoms with Crippen molar-refractivity contribution in [1.82, 2.24) is 5.32 Å². The second kappa shape index (κ2) is 7.49. The van der Waals surface area contributed by atoms with Crippen LogP contribution in [0.1, 0.15) is 19.8 Å². The van der Waals surface area contributed by atoms with Crippen LogP contribution in [0.15, 0.2) is 27.1 Å². The summed E-state index contributed by atoms with van der Waals surface area (Å²) >= 11 is 6.63. The quantitative estimate of drug-likeness (QED) is 0.715. The molecule has 0 saturated heterocycles. The molecule has 0 spiro atoms. The van der Waals surface area contributed by atoms with Crippen LogP contribution >= 0.6 is 31.9 Å². The minimum absolute atomic E-state index is 0.389. The van der Waals surface area contributed by atoms with Crippen molar-refractivity contribution in [3.63, 3.8) is 0 Å². The van der Waals surface area contributed by atoms with Crippen molar-refractivity contribution >= 4 is 49.5 Å². The molecule has 1 aromatic rings. The zero-order valence-corrected chi connectivity index (χ0v) is 13.4. The molecule has 0 aromatic heterocycles. The van der Waals surface area contributed by atoms with Gasteiger partial charge in [-0.05, 0) is 50.4 Å². The Balaban J connectivity index is 2.72. The lowest BCUT2D eigenvalue weighted by Crippen LogP contribution is -2.42. The molecule has 0 radical (unpaired) electrons. The lowest BCUT2D eigenvalue weighted by molar-refractivity contribution is -0.139. The predicted octanol–water partition coefficient (Wildman–Crippen LogP) is 3.59. The van der Waals surface area contributed by atoms with Crippen LogP contribution in [-0.2, 0) is 4.79 Å². The Bertz CT molecular complexity index is 460. The second-order valence-corrected chi connectivity index (χ2v) is 5.58. The number of hydrogen-bond donors (Lipinski definition) is 3. The summed E-state index contributed by atoms with van der Waals surface area (Å²) < 4.78 is 1.42. The number of carbonyl (C=O) groups excluding carboxylic acids is 1. The first kappa shape index (κ1) is 16.0. The van der Waals surface area contributed by atoms with E-state index in [1.165, 1.54) is 0 Å². The third-order valence-electron chi connectivity index (χ3n) is 2.38. The SMILES string of the molecule is CCC[C@@H](NC(=O)Nc1c(Br)cccc1Br)C(=O)O. The first-order valence-electron chi connectivity index (χ1n) is 5.70. The number of hydrogen-bond acceptors (Lipinski definition) is 2. The van der Waals surface area contributed by atoms with E-state index in [2.05, 4.69) is 42.5 Å². The summed E-state index contributed by atoms with van der Waals surface area (Å²) in [4.78, 5) is 22.7. The van der Waals surface area contributed by atoms with E-state index >= 15 is 0 Å². The van der Waals surface area contributed by atoms with Gasteiger partial charge in [-0.15, -0.1) is 0 Å². The molecule has 19 heavy (non-hydrogen) atoms. The molecule has 1 aromatic carbocycles. The van der Waals surface area contributed by atoms with Crippen LogP contribution in [0.25, 0.3) is 0 Å². The molecule has 0 heterocycles. The third kappa shape index (κ3) is 4.83. The number of rotatable bonds is 5. The maximum Gasteiger partial charge on any atom is 0.326 e. The molecule has 2 amide bonds. The average molecular weight is 394 g/mol. The fourth-order valence-electron chi connectivity index (χ4n) is 1.47. The van der Waals surface area contributed by atoms with Crippen molar-refractivity contribution in [2.24, 2.45) is 0 Å². The second-order valence-electron chi connectivity index (χ2n) is 3.87. The zero-order valence-electron chi connectivity index (χ0n) is 10.2. The number of para-hydroxylation sites is 1. The van der Waals surface area contributed by atoms with E-state index in [-0.39, 0.29) is 0 Å². The molecule has 104 valence electrons. The smallest absolute Gasteiger partial charge is 0.326 e. The Labute approximate surface area is 128 Å². The summed E-state index contributed by atoms with van der Waals surface area (Å²) in [6.07, 6.45) is 1.07. The number of urea groups is 1. The number of anilines is 1. The van der Waals surface area contributed by atoms with Crippen LogP contribution in [0, 0.1) is 0 Å². The van der Waals surface area contributed by atoms with Crippen LogP contribution in [0.3, 0.4) is 0 Å². The molecule has 0 unspecified atom stereocenters. The van der Waals surface area contributed by atoms with Crippen LogP contribution in [-0.4, -0.2) is 23.1 Å². The summed E-state index contributed by atoms with van der Waals surface area (Å²) in [5.41, 5.74) is 0.556. The summed E-state index contributed by atoms with van der Waals surface area (Å²) in [5, 5.41) is 14.0. The van der Waals surface area contributed by atoms with Crippen molar-refractivity contribution in [2.75, 3.05) is 5.32 Å². The molecule has 1 atom stereocenters. The van der Waals surface area contributed by atoms with Gasteiger partial charge in [-0.3, -0.25) is 0 Å². The van der Waals surface area contributed by atoms with Crippen LogP contribution in [0.4, 0.5) is 10.5 Å². The molecule has 0 bridgehead atoms. The fraction of sp³-hybridized carbons (Fsp3) is 0.333. The van der Waals surface area contributed by atoms with Gasteiger partial charge in [0.2, 0.25) is 0 Å². The molecule has 0 aliphatic rings. The average Bonchev–Trinajstić information content (AvgIpc) is 2.33. The standard InChI is InChI=1S/C12H14Br2N2O3/c1-2-4-9(11(17)18)15-12(19)16-10-7(13)5-3-6-8(10)14/h3,5-6,9H,2,4H2,1H3,(H,17,18)(H2,15,16,19)/t9-/m1/s1. The Kier molecular flexibility index (Phi) is 6.30. The first-order valence-corrected chi connectivity index (χ1v) is 7.28. The molecule has 0 aliphatic heterocycles.